The van der Waals surface area contributed by atoms with E-state index in [1.54, 1.807) is 103 Å². The molecule has 5 saturated heterocycles. The second-order valence-corrected chi connectivity index (χ2v) is 32.2. The Labute approximate surface area is 783 Å². The van der Waals surface area contributed by atoms with Gasteiger partial charge in [0.05, 0.1) is 107 Å². The predicted octanol–water partition coefficient (Wildman–Crippen LogP) is 14.2. The van der Waals surface area contributed by atoms with Crippen LogP contribution in [0.1, 0.15) is 143 Å². The monoisotopic (exact) mass is 1890 g/mol. The lowest BCUT2D eigenvalue weighted by Gasteiger charge is -2.21. The first kappa shape index (κ1) is 94.6. The molecule has 6 fully saturated rings. The molecule has 134 heavy (non-hydrogen) atoms. The Kier molecular flexibility index (Phi) is 31.4. The number of fused-ring (bicyclic) bond motifs is 6. The number of benzene rings is 6. The lowest BCUT2D eigenvalue weighted by Crippen LogP contribution is -2.31. The summed E-state index contributed by atoms with van der Waals surface area (Å²) in [5, 5.41) is 17.4. The molecule has 6 aliphatic rings. The molecule has 6 N–H and O–H groups in total. The molecule has 41 heteroatoms. The Balaban J connectivity index is 0.000000146. The zero-order valence-corrected chi connectivity index (χ0v) is 75.8. The number of halogens is 3. The van der Waals surface area contributed by atoms with Gasteiger partial charge in [0.2, 0.25) is 0 Å². The van der Waals surface area contributed by atoms with Crippen LogP contribution in [0, 0.1) is 5.92 Å². The van der Waals surface area contributed by atoms with Crippen LogP contribution in [-0.2, 0) is 86.1 Å². The van der Waals surface area contributed by atoms with Gasteiger partial charge in [0.25, 0.3) is 0 Å². The number of esters is 3. The summed E-state index contributed by atoms with van der Waals surface area (Å²) in [7, 11) is 0. The van der Waals surface area contributed by atoms with Crippen molar-refractivity contribution in [3.05, 3.63) is 255 Å². The molecule has 1 aliphatic carbocycles. The number of urea groups is 3. The van der Waals surface area contributed by atoms with Gasteiger partial charge in [-0.3, -0.25) is 25.1 Å². The van der Waals surface area contributed by atoms with E-state index in [9.17, 15) is 28.8 Å². The molecule has 12 unspecified atom stereocenters. The molecular weight excluding hydrogens is 1800 g/mol. The van der Waals surface area contributed by atoms with Crippen LogP contribution in [0.2, 0.25) is 15.1 Å². The van der Waals surface area contributed by atoms with Crippen LogP contribution in [0.15, 0.2) is 190 Å². The quantitative estimate of drug-likeness (QED) is 0.0174. The van der Waals surface area contributed by atoms with E-state index in [1.807, 2.05) is 128 Å². The fraction of sp³-hybridized carbons (Fsp3) is 0.366. The molecule has 6 aromatic heterocycles. The van der Waals surface area contributed by atoms with Crippen LogP contribution in [-0.4, -0.2) is 209 Å². The van der Waals surface area contributed by atoms with Gasteiger partial charge >= 0.3 is 36.0 Å². The Morgan fingerprint density at radius 2 is 0.761 bits per heavy atom. The summed E-state index contributed by atoms with van der Waals surface area (Å²) in [6.07, 6.45) is 6.41. The number of nitrogens with one attached hydrogen (secondary N) is 6. The summed E-state index contributed by atoms with van der Waals surface area (Å²) in [5.74, 6) is -0.619. The van der Waals surface area contributed by atoms with Crippen LogP contribution in [0.4, 0.5) is 31.8 Å². The van der Waals surface area contributed by atoms with Crippen molar-refractivity contribution >= 4 is 128 Å². The molecule has 1 saturated carbocycles. The first-order valence-electron chi connectivity index (χ1n) is 43.7. The van der Waals surface area contributed by atoms with Crippen molar-refractivity contribution < 1.29 is 95.1 Å². The van der Waals surface area contributed by atoms with E-state index < -0.39 is 97.9 Å². The number of hydrogen-bond acceptors (Lipinski definition) is 29. The molecule has 18 rings (SSSR count). The third kappa shape index (κ3) is 21.4. The second-order valence-electron chi connectivity index (χ2n) is 31.0. The summed E-state index contributed by atoms with van der Waals surface area (Å²) < 4.78 is 90.9. The van der Waals surface area contributed by atoms with E-state index in [0.29, 0.717) is 120 Å². The molecule has 6 aromatic carbocycles. The number of ether oxygens (including phenoxy) is 14. The maximum Gasteiger partial charge on any atom is 0.338 e. The average Bonchev–Trinajstić information content (AvgIpc) is 1.60. The molecule has 38 nitrogen and oxygen atoms in total. The third-order valence-corrected chi connectivity index (χ3v) is 23.6. The number of imidazole rings is 3. The molecule has 12 aromatic rings. The number of hydrogen-bond donors (Lipinski definition) is 6. The summed E-state index contributed by atoms with van der Waals surface area (Å²) >= 11 is 19.4. The van der Waals surface area contributed by atoms with Crippen molar-refractivity contribution in [3.63, 3.8) is 0 Å². The highest BCUT2D eigenvalue weighted by atomic mass is 35.5. The number of anilines is 3. The van der Waals surface area contributed by atoms with E-state index in [0.717, 1.165) is 16.7 Å². The number of amides is 6. The van der Waals surface area contributed by atoms with E-state index in [-0.39, 0.29) is 94.7 Å². The number of carbonyl (C=O) groups excluding carboxylic acids is 6. The Morgan fingerprint density at radius 1 is 0.396 bits per heavy atom. The SMILES string of the molecule is CCNC(=O)Nc1ncnc2c1ncn2C1CC(COCc2c(Cl)cccc2C(=O)OCC)C2O[C@H](/C=C/c3ccccc3)OC21.CCNC(=O)Nc1ncnc2c1ncn2C1OC(COCc2c(Cl)cccc2C(=O)OCC)C2O[C@@H](c3ccccc3)OC21.CCNC(=O)Nc1ncnc2c1ncn2C1OC(COCc2c(Cl)cccc2C(=O)OCC)C2O[C@H](c3ccccc3)OC21. The molecule has 0 radical (unpaired) electrons. The van der Waals surface area contributed by atoms with Gasteiger partial charge in [0, 0.05) is 68.4 Å². The van der Waals surface area contributed by atoms with Crippen molar-refractivity contribution in [1.82, 2.24) is 74.5 Å². The highest BCUT2D eigenvalue weighted by molar-refractivity contribution is 6.32. The van der Waals surface area contributed by atoms with E-state index in [2.05, 4.69) is 76.8 Å². The van der Waals surface area contributed by atoms with Gasteiger partial charge in [-0.15, -0.1) is 0 Å². The standard InChI is InChI=1S/C33H35ClN6O6.2C30H31ClN6O7/c1-3-35-33(42)39-30-27-31(37-18-36-30)40(19-38-27)25-15-21(16-43-17-23-22(32(41)44-4-2)11-8-12-24(23)34)28-29(25)46-26(45-28)14-13-20-9-6-5-7-10-20;2*1-3-32-30(39)36-25-22-26(34-15-33-25)37(16-35-22)27-24-23(43-29(44-24)17-9-6-5-7-10-17)21(42-27)14-40-13-19-18(28(38)41-4-2)11-8-12-20(19)31/h5-14,18-19,21,25-26,28-29H,3-4,15-17H2,1-2H3,(H2,35,36,37,39,42);2*5-12,15-16,21,23-24,27,29H,3-4,13-14H2,1-2H3,(H2,32,33,34,36,39)/b14-13+;;/t21?,25?,26-,28?,29?;2*21?,23?,24?,27?,29-/m010/s1. The van der Waals surface area contributed by atoms with Crippen LogP contribution in [0.3, 0.4) is 0 Å². The van der Waals surface area contributed by atoms with Crippen molar-refractivity contribution in [2.75, 3.05) is 75.2 Å². The van der Waals surface area contributed by atoms with Crippen molar-refractivity contribution in [2.45, 2.75) is 154 Å². The number of aromatic nitrogens is 12. The molecule has 0 spiro atoms. The van der Waals surface area contributed by atoms with Gasteiger partial charge in [-0.05, 0) is 96.0 Å². The fourth-order valence-corrected chi connectivity index (χ4v) is 17.2. The lowest BCUT2D eigenvalue weighted by atomic mass is 10.1. The maximum atomic E-state index is 12.6. The van der Waals surface area contributed by atoms with E-state index >= 15 is 0 Å². The predicted molar refractivity (Wildman–Crippen MR) is 487 cm³/mol. The van der Waals surface area contributed by atoms with Crippen LogP contribution < -0.4 is 31.9 Å². The molecule has 700 valence electrons. The average molecular weight is 1890 g/mol. The topological polar surface area (TPSA) is 435 Å². The zero-order chi connectivity index (χ0) is 93.3. The van der Waals surface area contributed by atoms with Crippen molar-refractivity contribution in [1.29, 1.82) is 0 Å². The first-order chi connectivity index (χ1) is 65.4. The number of carbonyl (C=O) groups is 6. The van der Waals surface area contributed by atoms with Crippen LogP contribution in [0.5, 0.6) is 0 Å². The fourth-order valence-electron chi connectivity index (χ4n) is 16.5. The summed E-state index contributed by atoms with van der Waals surface area (Å²) in [6.45, 7) is 13.6. The summed E-state index contributed by atoms with van der Waals surface area (Å²) in [5.41, 5.74) is 8.14. The summed E-state index contributed by atoms with van der Waals surface area (Å²) in [4.78, 5) is 114. The molecule has 6 amide bonds. The van der Waals surface area contributed by atoms with Crippen molar-refractivity contribution in [3.8, 4) is 0 Å². The first-order valence-corrected chi connectivity index (χ1v) is 44.9. The lowest BCUT2D eigenvalue weighted by molar-refractivity contribution is -0.158. The van der Waals surface area contributed by atoms with Gasteiger partial charge in [-0.2, -0.15) is 0 Å². The largest absolute Gasteiger partial charge is 0.462 e. The van der Waals surface area contributed by atoms with Gasteiger partial charge in [-0.25, -0.2) is 73.6 Å². The highest BCUT2D eigenvalue weighted by Crippen LogP contribution is 2.49. The second kappa shape index (κ2) is 44.5. The Hall–Kier alpha value is -12.6. The molecular formula is C93H97Cl3N18O20. The van der Waals surface area contributed by atoms with Crippen molar-refractivity contribution in [2.24, 2.45) is 5.92 Å². The number of rotatable bonds is 31. The van der Waals surface area contributed by atoms with Crippen LogP contribution in [0.25, 0.3) is 39.6 Å². The minimum atomic E-state index is -0.685. The highest BCUT2D eigenvalue weighted by Gasteiger charge is 2.57. The van der Waals surface area contributed by atoms with Gasteiger partial charge in [-0.1, -0.05) is 150 Å². The van der Waals surface area contributed by atoms with E-state index in [4.69, 9.17) is 101 Å². The molecule has 5 aliphatic heterocycles. The Bertz CT molecular complexity index is 5910. The van der Waals surface area contributed by atoms with E-state index in [1.165, 1.54) is 19.0 Å². The smallest absolute Gasteiger partial charge is 0.338 e. The molecule has 0 bridgehead atoms. The number of nitrogens with zero attached hydrogens (tertiary/aromatic N) is 12. The zero-order valence-electron chi connectivity index (χ0n) is 73.5. The van der Waals surface area contributed by atoms with Gasteiger partial charge in [0.15, 0.2) is 82.3 Å². The maximum absolute atomic E-state index is 12.6. The van der Waals surface area contributed by atoms with Gasteiger partial charge < -0.3 is 86.8 Å². The van der Waals surface area contributed by atoms with Gasteiger partial charge in [0.1, 0.15) is 61.7 Å². The summed E-state index contributed by atoms with van der Waals surface area (Å²) in [6, 6.07) is 43.0. The molecule has 15 atom stereocenters. The minimum absolute atomic E-state index is 0.0504. The Morgan fingerprint density at radius 3 is 1.16 bits per heavy atom. The minimum Gasteiger partial charge on any atom is -0.462 e. The third-order valence-electron chi connectivity index (χ3n) is 22.5. The molecule has 11 heterocycles. The normalized spacial score (nSPS) is 22.5. The van der Waals surface area contributed by atoms with Crippen LogP contribution >= 0.6 is 34.8 Å².